The van der Waals surface area contributed by atoms with Crippen LogP contribution in [0.5, 0.6) is 0 Å². The van der Waals surface area contributed by atoms with E-state index in [0.717, 1.165) is 0 Å². The van der Waals surface area contributed by atoms with Gasteiger partial charge in [-0.1, -0.05) is 6.92 Å². The van der Waals surface area contributed by atoms with E-state index in [0.29, 0.717) is 6.42 Å². The van der Waals surface area contributed by atoms with Gasteiger partial charge in [-0.3, -0.25) is 24.1 Å². The molecule has 0 aliphatic rings. The lowest BCUT2D eigenvalue weighted by Crippen LogP contribution is -2.50. The van der Waals surface area contributed by atoms with Gasteiger partial charge in [-0.15, -0.1) is 0 Å². The number of Topliss-reactive ketones (excluding diaryl/α,β-unsaturated/α-hetero) is 1. The third kappa shape index (κ3) is 14.6. The molecule has 1 atom stereocenters. The Labute approximate surface area is 187 Å². The average Bonchev–Trinajstić information content (AvgIpc) is 2.48. The number of nitrogens with zero attached hydrogens (tertiary/aromatic N) is 1. The third-order valence-corrected chi connectivity index (χ3v) is 3.72. The number of carbonyl (C=O) groups excluding carboxylic acids is 4. The molecule has 0 aromatic rings. The number of ether oxygens (including phenoxy) is 3. The first-order valence-electron chi connectivity index (χ1n) is 10.8. The predicted molar refractivity (Wildman–Crippen MR) is 117 cm³/mol. The highest BCUT2D eigenvalue weighted by atomic mass is 16.6. The van der Waals surface area contributed by atoms with E-state index in [1.54, 1.807) is 69.2 Å². The second-order valence-corrected chi connectivity index (χ2v) is 10.6. The Morgan fingerprint density at radius 3 is 1.42 bits per heavy atom. The van der Waals surface area contributed by atoms with Crippen LogP contribution in [0.3, 0.4) is 0 Å². The fraction of sp³-hybridized carbons (Fsp3) is 0.826. The summed E-state index contributed by atoms with van der Waals surface area (Å²) in [5.41, 5.74) is -2.23. The van der Waals surface area contributed by atoms with Crippen molar-refractivity contribution in [2.24, 2.45) is 0 Å². The van der Waals surface area contributed by atoms with Gasteiger partial charge in [0, 0.05) is 12.8 Å². The lowest BCUT2D eigenvalue weighted by molar-refractivity contribution is -0.168. The molecular weight excluding hydrogens is 402 g/mol. The molecule has 8 nitrogen and oxygen atoms in total. The summed E-state index contributed by atoms with van der Waals surface area (Å²) in [6.07, 6.45) is 0.575. The molecule has 180 valence electrons. The van der Waals surface area contributed by atoms with Gasteiger partial charge in [-0.2, -0.15) is 0 Å². The summed E-state index contributed by atoms with van der Waals surface area (Å²) < 4.78 is 16.3. The molecule has 0 heterocycles. The van der Waals surface area contributed by atoms with Crippen molar-refractivity contribution in [1.82, 2.24) is 4.90 Å². The lowest BCUT2D eigenvalue weighted by atomic mass is 10.0. The SMILES string of the molecule is CCC(=O)CC[C@@H](C(=O)OC(C)(C)C)N(CC(=O)OC(C)(C)C)CC(=O)OC(C)(C)C. The summed E-state index contributed by atoms with van der Waals surface area (Å²) in [5.74, 6) is -1.82. The minimum absolute atomic E-state index is 0.0250. The van der Waals surface area contributed by atoms with Crippen LogP contribution in [0.2, 0.25) is 0 Å². The highest BCUT2D eigenvalue weighted by molar-refractivity contribution is 5.82. The zero-order chi connectivity index (χ0) is 24.6. The van der Waals surface area contributed by atoms with Crippen LogP contribution in [0.25, 0.3) is 0 Å². The first-order valence-corrected chi connectivity index (χ1v) is 10.8. The van der Waals surface area contributed by atoms with Crippen molar-refractivity contribution < 1.29 is 33.4 Å². The fourth-order valence-corrected chi connectivity index (χ4v) is 2.65. The molecular formula is C23H41NO7. The van der Waals surface area contributed by atoms with Crippen molar-refractivity contribution in [3.05, 3.63) is 0 Å². The Morgan fingerprint density at radius 2 is 1.10 bits per heavy atom. The number of hydrogen-bond acceptors (Lipinski definition) is 8. The number of carbonyl (C=O) groups is 4. The molecule has 0 fully saturated rings. The highest BCUT2D eigenvalue weighted by Crippen LogP contribution is 2.18. The first-order chi connectivity index (χ1) is 13.8. The van der Waals surface area contributed by atoms with Crippen molar-refractivity contribution >= 4 is 23.7 Å². The Morgan fingerprint density at radius 1 is 0.710 bits per heavy atom. The van der Waals surface area contributed by atoms with Crippen LogP contribution in [-0.4, -0.2) is 64.5 Å². The topological polar surface area (TPSA) is 99.2 Å². The van der Waals surface area contributed by atoms with Crippen LogP contribution in [0.1, 0.15) is 88.5 Å². The normalized spacial score (nSPS) is 13.5. The van der Waals surface area contributed by atoms with Crippen LogP contribution in [0, 0.1) is 0 Å². The van der Waals surface area contributed by atoms with Crippen LogP contribution >= 0.6 is 0 Å². The van der Waals surface area contributed by atoms with Gasteiger partial charge in [0.15, 0.2) is 0 Å². The predicted octanol–water partition coefficient (Wildman–Crippen LogP) is 3.44. The van der Waals surface area contributed by atoms with Crippen LogP contribution in [0.15, 0.2) is 0 Å². The van der Waals surface area contributed by atoms with Gasteiger partial charge in [0.05, 0.1) is 13.1 Å². The Bertz CT molecular complexity index is 606. The summed E-state index contributed by atoms with van der Waals surface area (Å²) in [6.45, 7) is 16.7. The molecule has 0 unspecified atom stereocenters. The molecule has 0 rings (SSSR count). The summed E-state index contributed by atoms with van der Waals surface area (Å²) >= 11 is 0. The Balaban J connectivity index is 5.83. The maximum Gasteiger partial charge on any atom is 0.323 e. The third-order valence-electron chi connectivity index (χ3n) is 3.72. The first kappa shape index (κ1) is 29.0. The van der Waals surface area contributed by atoms with E-state index < -0.39 is 40.8 Å². The molecule has 0 aromatic heterocycles. The molecule has 0 saturated carbocycles. The smallest absolute Gasteiger partial charge is 0.323 e. The summed E-state index contributed by atoms with van der Waals surface area (Å²) in [4.78, 5) is 51.3. The molecule has 0 bridgehead atoms. The van der Waals surface area contributed by atoms with E-state index in [9.17, 15) is 19.2 Å². The van der Waals surface area contributed by atoms with Crippen molar-refractivity contribution in [3.8, 4) is 0 Å². The summed E-state index contributed by atoms with van der Waals surface area (Å²) in [5, 5.41) is 0. The van der Waals surface area contributed by atoms with Gasteiger partial charge in [0.25, 0.3) is 0 Å². The van der Waals surface area contributed by atoms with Gasteiger partial charge in [-0.05, 0) is 68.7 Å². The van der Waals surface area contributed by atoms with Gasteiger partial charge < -0.3 is 14.2 Å². The molecule has 31 heavy (non-hydrogen) atoms. The molecule has 0 aliphatic carbocycles. The number of esters is 3. The molecule has 0 spiro atoms. The van der Waals surface area contributed by atoms with Crippen molar-refractivity contribution in [2.75, 3.05) is 13.1 Å². The second-order valence-electron chi connectivity index (χ2n) is 10.6. The zero-order valence-corrected chi connectivity index (χ0v) is 20.9. The second kappa shape index (κ2) is 11.6. The molecule has 0 aliphatic heterocycles. The monoisotopic (exact) mass is 443 g/mol. The minimum atomic E-state index is -0.977. The lowest BCUT2D eigenvalue weighted by Gasteiger charge is -2.32. The van der Waals surface area contributed by atoms with Crippen molar-refractivity contribution in [1.29, 1.82) is 0 Å². The molecule has 0 radical (unpaired) electrons. The quantitative estimate of drug-likeness (QED) is 0.374. The largest absolute Gasteiger partial charge is 0.459 e. The minimum Gasteiger partial charge on any atom is -0.459 e. The number of rotatable bonds is 10. The van der Waals surface area contributed by atoms with Crippen LogP contribution < -0.4 is 0 Å². The van der Waals surface area contributed by atoms with Gasteiger partial charge >= 0.3 is 17.9 Å². The standard InChI is InChI=1S/C23H41NO7/c1-11-16(25)12-13-17(20(28)31-23(8,9)10)24(14-18(26)29-21(2,3)4)15-19(27)30-22(5,6)7/h17H,11-15H2,1-10H3/t17-/m0/s1. The molecule has 0 saturated heterocycles. The fourth-order valence-electron chi connectivity index (χ4n) is 2.65. The summed E-state index contributed by atoms with van der Waals surface area (Å²) in [7, 11) is 0. The summed E-state index contributed by atoms with van der Waals surface area (Å²) in [6, 6.07) is -0.977. The maximum absolute atomic E-state index is 13.0. The van der Waals surface area contributed by atoms with Crippen molar-refractivity contribution in [3.63, 3.8) is 0 Å². The van der Waals surface area contributed by atoms with E-state index in [4.69, 9.17) is 14.2 Å². The van der Waals surface area contributed by atoms with Crippen LogP contribution in [-0.2, 0) is 33.4 Å². The van der Waals surface area contributed by atoms with Gasteiger partial charge in [0.1, 0.15) is 28.6 Å². The van der Waals surface area contributed by atoms with Gasteiger partial charge in [-0.25, -0.2) is 0 Å². The van der Waals surface area contributed by atoms with E-state index in [2.05, 4.69) is 0 Å². The van der Waals surface area contributed by atoms with Gasteiger partial charge in [0.2, 0.25) is 0 Å². The van der Waals surface area contributed by atoms with Crippen molar-refractivity contribution in [2.45, 2.75) is 111 Å². The van der Waals surface area contributed by atoms with E-state index >= 15 is 0 Å². The van der Waals surface area contributed by atoms with E-state index in [-0.39, 0.29) is 31.7 Å². The van der Waals surface area contributed by atoms with E-state index in [1.165, 1.54) is 4.90 Å². The molecule has 0 N–H and O–H groups in total. The number of hydrogen-bond donors (Lipinski definition) is 0. The Hall–Kier alpha value is -1.96. The molecule has 0 aromatic carbocycles. The maximum atomic E-state index is 13.0. The van der Waals surface area contributed by atoms with Crippen LogP contribution in [0.4, 0.5) is 0 Å². The highest BCUT2D eigenvalue weighted by Gasteiger charge is 2.35. The van der Waals surface area contributed by atoms with E-state index in [1.807, 2.05) is 0 Å². The average molecular weight is 444 g/mol. The Kier molecular flexibility index (Phi) is 10.9. The zero-order valence-electron chi connectivity index (χ0n) is 20.9. The number of ketones is 1. The molecule has 0 amide bonds. The molecule has 8 heteroatoms.